The van der Waals surface area contributed by atoms with Crippen molar-refractivity contribution in [3.8, 4) is 0 Å². The van der Waals surface area contributed by atoms with Crippen molar-refractivity contribution in [2.24, 2.45) is 40.7 Å². The van der Waals surface area contributed by atoms with E-state index in [0.717, 1.165) is 6.42 Å². The molecule has 2 aliphatic carbocycles. The molecule has 104 valence electrons. The Morgan fingerprint density at radius 3 is 2.39 bits per heavy atom. The van der Waals surface area contributed by atoms with Crippen LogP contribution in [0.25, 0.3) is 0 Å². The topological polar surface area (TPSA) is 43.1 Å². The van der Waals surface area contributed by atoms with Gasteiger partial charge < -0.3 is 5.73 Å². The normalized spacial score (nSPS) is 46.9. The summed E-state index contributed by atoms with van der Waals surface area (Å²) in [5, 5.41) is 0. The number of ketones is 1. The van der Waals surface area contributed by atoms with E-state index in [9.17, 15) is 4.79 Å². The van der Waals surface area contributed by atoms with E-state index in [1.54, 1.807) is 0 Å². The van der Waals surface area contributed by atoms with E-state index in [1.807, 2.05) is 0 Å². The third-order valence-corrected chi connectivity index (χ3v) is 6.06. The zero-order valence-corrected chi connectivity index (χ0v) is 12.4. The van der Waals surface area contributed by atoms with E-state index in [0.29, 0.717) is 36.0 Å². The molecule has 0 aromatic heterocycles. The Morgan fingerprint density at radius 1 is 1.28 bits per heavy atom. The van der Waals surface area contributed by atoms with Gasteiger partial charge >= 0.3 is 0 Å². The SMILES string of the molecule is CCCC1C2C(CC)C(C)C(CN)C(=O)C12CC. The Balaban J connectivity index is 2.33. The summed E-state index contributed by atoms with van der Waals surface area (Å²) in [4.78, 5) is 12.8. The van der Waals surface area contributed by atoms with Crippen molar-refractivity contribution in [2.75, 3.05) is 6.54 Å². The minimum Gasteiger partial charge on any atom is -0.330 e. The highest BCUT2D eigenvalue weighted by Gasteiger charge is 2.72. The maximum Gasteiger partial charge on any atom is 0.144 e. The zero-order chi connectivity index (χ0) is 13.5. The predicted octanol–water partition coefficient (Wildman–Crippen LogP) is 3.25. The van der Waals surface area contributed by atoms with Crippen LogP contribution in [0.4, 0.5) is 0 Å². The lowest BCUT2D eigenvalue weighted by Crippen LogP contribution is -2.44. The summed E-state index contributed by atoms with van der Waals surface area (Å²) in [5.41, 5.74) is 5.91. The number of carbonyl (C=O) groups is 1. The van der Waals surface area contributed by atoms with E-state index in [-0.39, 0.29) is 11.3 Å². The molecule has 2 saturated carbocycles. The Labute approximate surface area is 112 Å². The van der Waals surface area contributed by atoms with E-state index in [4.69, 9.17) is 5.73 Å². The van der Waals surface area contributed by atoms with Gasteiger partial charge in [-0.05, 0) is 36.5 Å². The highest BCUT2D eigenvalue weighted by atomic mass is 16.1. The van der Waals surface area contributed by atoms with Gasteiger partial charge in [-0.1, -0.05) is 40.5 Å². The van der Waals surface area contributed by atoms with Gasteiger partial charge in [0.1, 0.15) is 5.78 Å². The van der Waals surface area contributed by atoms with E-state index < -0.39 is 0 Å². The van der Waals surface area contributed by atoms with Gasteiger partial charge in [-0.3, -0.25) is 4.79 Å². The maximum absolute atomic E-state index is 12.8. The molecule has 6 atom stereocenters. The molecule has 0 spiro atoms. The average Bonchev–Trinajstić information content (AvgIpc) is 3.00. The summed E-state index contributed by atoms with van der Waals surface area (Å²) >= 11 is 0. The van der Waals surface area contributed by atoms with Crippen LogP contribution in [-0.4, -0.2) is 12.3 Å². The number of fused-ring (bicyclic) bond motifs is 1. The molecular formula is C16H29NO. The van der Waals surface area contributed by atoms with Gasteiger partial charge in [-0.25, -0.2) is 0 Å². The fourth-order valence-corrected chi connectivity index (χ4v) is 5.16. The lowest BCUT2D eigenvalue weighted by Gasteiger charge is -2.37. The molecule has 0 heterocycles. The van der Waals surface area contributed by atoms with Gasteiger partial charge in [0.15, 0.2) is 0 Å². The monoisotopic (exact) mass is 251 g/mol. The predicted molar refractivity (Wildman–Crippen MR) is 75.1 cm³/mol. The molecule has 0 amide bonds. The number of hydrogen-bond donors (Lipinski definition) is 1. The van der Waals surface area contributed by atoms with Crippen LogP contribution in [0.2, 0.25) is 0 Å². The fourth-order valence-electron chi connectivity index (χ4n) is 5.16. The van der Waals surface area contributed by atoms with Crippen LogP contribution in [0.3, 0.4) is 0 Å². The third kappa shape index (κ3) is 1.61. The lowest BCUT2D eigenvalue weighted by atomic mass is 9.66. The third-order valence-electron chi connectivity index (χ3n) is 6.06. The van der Waals surface area contributed by atoms with Crippen LogP contribution >= 0.6 is 0 Å². The van der Waals surface area contributed by atoms with Crippen LogP contribution < -0.4 is 5.73 Å². The number of nitrogens with two attached hydrogens (primary N) is 1. The molecule has 6 unspecified atom stereocenters. The molecular weight excluding hydrogens is 222 g/mol. The van der Waals surface area contributed by atoms with Crippen LogP contribution in [0.15, 0.2) is 0 Å². The molecule has 0 aliphatic heterocycles. The Morgan fingerprint density at radius 2 is 1.94 bits per heavy atom. The molecule has 2 N–H and O–H groups in total. The zero-order valence-electron chi connectivity index (χ0n) is 12.4. The summed E-state index contributed by atoms with van der Waals surface area (Å²) in [7, 11) is 0. The molecule has 2 aliphatic rings. The van der Waals surface area contributed by atoms with Gasteiger partial charge in [0, 0.05) is 17.9 Å². The van der Waals surface area contributed by atoms with Gasteiger partial charge in [-0.2, -0.15) is 0 Å². The first-order chi connectivity index (χ1) is 8.59. The van der Waals surface area contributed by atoms with Crippen molar-refractivity contribution in [1.82, 2.24) is 0 Å². The number of hydrogen-bond acceptors (Lipinski definition) is 2. The van der Waals surface area contributed by atoms with Crippen molar-refractivity contribution in [2.45, 2.75) is 53.4 Å². The largest absolute Gasteiger partial charge is 0.330 e. The molecule has 0 aromatic carbocycles. The lowest BCUT2D eigenvalue weighted by molar-refractivity contribution is -0.134. The molecule has 2 nitrogen and oxygen atoms in total. The van der Waals surface area contributed by atoms with Crippen LogP contribution in [0.5, 0.6) is 0 Å². The summed E-state index contributed by atoms with van der Waals surface area (Å²) in [6.45, 7) is 9.53. The van der Waals surface area contributed by atoms with E-state index >= 15 is 0 Å². The van der Waals surface area contributed by atoms with E-state index in [2.05, 4.69) is 27.7 Å². The Kier molecular flexibility index (Phi) is 3.87. The minimum absolute atomic E-state index is 0.0211. The minimum atomic E-state index is 0.0211. The van der Waals surface area contributed by atoms with Crippen LogP contribution in [-0.2, 0) is 4.79 Å². The second-order valence-corrected chi connectivity index (χ2v) is 6.45. The Bertz CT molecular complexity index is 327. The summed E-state index contributed by atoms with van der Waals surface area (Å²) < 4.78 is 0. The first kappa shape index (κ1) is 14.0. The first-order valence-electron chi connectivity index (χ1n) is 7.84. The second-order valence-electron chi connectivity index (χ2n) is 6.45. The summed E-state index contributed by atoms with van der Waals surface area (Å²) in [6, 6.07) is 0. The van der Waals surface area contributed by atoms with Crippen LogP contribution in [0, 0.1) is 35.0 Å². The quantitative estimate of drug-likeness (QED) is 0.815. The van der Waals surface area contributed by atoms with Crippen LogP contribution in [0.1, 0.15) is 53.4 Å². The molecule has 0 bridgehead atoms. The number of Topliss-reactive ketones (excluding diaryl/α,β-unsaturated/α-hetero) is 1. The molecule has 2 rings (SSSR count). The maximum atomic E-state index is 12.8. The van der Waals surface area contributed by atoms with Crippen molar-refractivity contribution < 1.29 is 4.79 Å². The highest BCUT2D eigenvalue weighted by Crippen LogP contribution is 2.72. The van der Waals surface area contributed by atoms with E-state index in [1.165, 1.54) is 19.3 Å². The van der Waals surface area contributed by atoms with Gasteiger partial charge in [-0.15, -0.1) is 0 Å². The summed E-state index contributed by atoms with van der Waals surface area (Å²) in [6.07, 6.45) is 4.66. The average molecular weight is 251 g/mol. The van der Waals surface area contributed by atoms with Crippen molar-refractivity contribution in [1.29, 1.82) is 0 Å². The molecule has 0 saturated heterocycles. The van der Waals surface area contributed by atoms with Gasteiger partial charge in [0.05, 0.1) is 0 Å². The second kappa shape index (κ2) is 4.96. The number of carbonyl (C=O) groups excluding carboxylic acids is 1. The Hall–Kier alpha value is -0.370. The molecule has 0 aromatic rings. The van der Waals surface area contributed by atoms with Gasteiger partial charge in [0.25, 0.3) is 0 Å². The highest BCUT2D eigenvalue weighted by molar-refractivity contribution is 5.92. The standard InChI is InChI=1S/C16H29NO/c1-5-8-13-14-11(6-2)10(4)12(9-17)15(18)16(13,14)7-3/h10-14H,5-9,17H2,1-4H3. The van der Waals surface area contributed by atoms with Crippen molar-refractivity contribution in [3.05, 3.63) is 0 Å². The van der Waals surface area contributed by atoms with Crippen molar-refractivity contribution in [3.63, 3.8) is 0 Å². The molecule has 2 fully saturated rings. The van der Waals surface area contributed by atoms with Gasteiger partial charge in [0.2, 0.25) is 0 Å². The smallest absolute Gasteiger partial charge is 0.144 e. The molecule has 18 heavy (non-hydrogen) atoms. The first-order valence-corrected chi connectivity index (χ1v) is 7.84. The molecule has 0 radical (unpaired) electrons. The molecule has 2 heteroatoms. The van der Waals surface area contributed by atoms with Crippen molar-refractivity contribution >= 4 is 5.78 Å². The summed E-state index contributed by atoms with van der Waals surface area (Å²) in [5.74, 6) is 3.15. The fraction of sp³-hybridized carbons (Fsp3) is 0.938. The number of rotatable bonds is 5.